The van der Waals surface area contributed by atoms with Crippen LogP contribution < -0.4 is 0 Å². The number of benzene rings is 6. The lowest BCUT2D eigenvalue weighted by molar-refractivity contribution is 0.353. The zero-order valence-corrected chi connectivity index (χ0v) is 26.8. The normalized spacial score (nSPS) is 14.4. The number of hydrogen-bond acceptors (Lipinski definition) is 3. The maximum atomic E-state index is 5.06. The van der Waals surface area contributed by atoms with E-state index in [1.165, 1.54) is 65.5 Å². The Hall–Kier alpha value is -5.67. The molecule has 9 rings (SSSR count). The third-order valence-corrected chi connectivity index (χ3v) is 10.3. The third kappa shape index (κ3) is 4.94. The SMILES string of the molecule is c1ccc(-c2ccc(-c3nc(-c4ccccc4)nc(-c4cccc(-c5ccc6c(c5)-c5ccccc5C65CCCCC5)c4)n3)cc2)cc1. The molecule has 230 valence electrons. The van der Waals surface area contributed by atoms with Gasteiger partial charge in [-0.05, 0) is 69.5 Å². The lowest BCUT2D eigenvalue weighted by atomic mass is 9.68. The molecular weight excluding hydrogens is 583 g/mol. The van der Waals surface area contributed by atoms with Crippen molar-refractivity contribution in [3.05, 3.63) is 163 Å². The van der Waals surface area contributed by atoms with Gasteiger partial charge in [0.1, 0.15) is 0 Å². The molecule has 0 radical (unpaired) electrons. The van der Waals surface area contributed by atoms with E-state index < -0.39 is 0 Å². The van der Waals surface area contributed by atoms with E-state index in [9.17, 15) is 0 Å². The van der Waals surface area contributed by atoms with E-state index in [2.05, 4.69) is 127 Å². The maximum absolute atomic E-state index is 5.06. The average molecular weight is 618 g/mol. The molecule has 0 saturated heterocycles. The van der Waals surface area contributed by atoms with Gasteiger partial charge in [-0.15, -0.1) is 0 Å². The molecule has 0 unspecified atom stereocenters. The van der Waals surface area contributed by atoms with Crippen LogP contribution in [0.1, 0.15) is 43.2 Å². The second kappa shape index (κ2) is 11.8. The van der Waals surface area contributed by atoms with Crippen LogP contribution in [0, 0.1) is 0 Å². The van der Waals surface area contributed by atoms with Crippen LogP contribution in [-0.4, -0.2) is 15.0 Å². The minimum absolute atomic E-state index is 0.166. The van der Waals surface area contributed by atoms with Crippen molar-refractivity contribution in [2.75, 3.05) is 0 Å². The van der Waals surface area contributed by atoms with Crippen LogP contribution in [0.5, 0.6) is 0 Å². The Labute approximate surface area is 282 Å². The van der Waals surface area contributed by atoms with Gasteiger partial charge in [-0.3, -0.25) is 0 Å². The van der Waals surface area contributed by atoms with Crippen molar-refractivity contribution in [2.45, 2.75) is 37.5 Å². The number of nitrogens with zero attached hydrogens (tertiary/aromatic N) is 3. The van der Waals surface area contributed by atoms with Gasteiger partial charge in [-0.1, -0.05) is 159 Å². The van der Waals surface area contributed by atoms with Gasteiger partial charge in [0, 0.05) is 22.1 Å². The lowest BCUT2D eigenvalue weighted by Crippen LogP contribution is -2.27. The Morgan fingerprint density at radius 1 is 0.333 bits per heavy atom. The Bertz CT molecular complexity index is 2250. The highest BCUT2D eigenvalue weighted by molar-refractivity contribution is 5.85. The Kier molecular flexibility index (Phi) is 7.04. The van der Waals surface area contributed by atoms with Crippen molar-refractivity contribution in [1.29, 1.82) is 0 Å². The summed E-state index contributed by atoms with van der Waals surface area (Å²) in [5.41, 5.74) is 13.6. The van der Waals surface area contributed by atoms with Gasteiger partial charge in [0.25, 0.3) is 0 Å². The van der Waals surface area contributed by atoms with Gasteiger partial charge in [0.2, 0.25) is 0 Å². The second-order valence-corrected chi connectivity index (χ2v) is 13.1. The summed E-state index contributed by atoms with van der Waals surface area (Å²) < 4.78 is 0. The summed E-state index contributed by atoms with van der Waals surface area (Å²) in [7, 11) is 0. The van der Waals surface area contributed by atoms with Gasteiger partial charge in [-0.25, -0.2) is 15.0 Å². The van der Waals surface area contributed by atoms with Crippen molar-refractivity contribution in [2.24, 2.45) is 0 Å². The molecule has 1 saturated carbocycles. The summed E-state index contributed by atoms with van der Waals surface area (Å²) in [5, 5.41) is 0. The Morgan fingerprint density at radius 3 is 1.54 bits per heavy atom. The van der Waals surface area contributed by atoms with Gasteiger partial charge in [-0.2, -0.15) is 0 Å². The van der Waals surface area contributed by atoms with Crippen LogP contribution in [0.2, 0.25) is 0 Å². The van der Waals surface area contributed by atoms with Crippen LogP contribution in [0.15, 0.2) is 152 Å². The topological polar surface area (TPSA) is 38.7 Å². The minimum atomic E-state index is 0.166. The first-order valence-corrected chi connectivity index (χ1v) is 17.1. The molecule has 1 fully saturated rings. The molecule has 3 heteroatoms. The fraction of sp³-hybridized carbons (Fsp3) is 0.133. The van der Waals surface area contributed by atoms with Crippen LogP contribution in [-0.2, 0) is 5.41 Å². The molecule has 0 amide bonds. The van der Waals surface area contributed by atoms with E-state index in [0.717, 1.165) is 27.8 Å². The fourth-order valence-corrected chi connectivity index (χ4v) is 7.97. The molecule has 0 N–H and O–H groups in total. The van der Waals surface area contributed by atoms with Crippen LogP contribution in [0.4, 0.5) is 0 Å². The first kappa shape index (κ1) is 28.5. The molecule has 48 heavy (non-hydrogen) atoms. The zero-order chi connectivity index (χ0) is 31.9. The quantitative estimate of drug-likeness (QED) is 0.193. The largest absolute Gasteiger partial charge is 0.208 e. The predicted molar refractivity (Wildman–Crippen MR) is 196 cm³/mol. The summed E-state index contributed by atoms with van der Waals surface area (Å²) in [6, 6.07) is 54.0. The van der Waals surface area contributed by atoms with E-state index >= 15 is 0 Å². The summed E-state index contributed by atoms with van der Waals surface area (Å²) in [4.78, 5) is 15.0. The molecule has 2 aliphatic rings. The molecule has 1 heterocycles. The fourth-order valence-electron chi connectivity index (χ4n) is 7.97. The molecule has 6 aromatic carbocycles. The first-order valence-electron chi connectivity index (χ1n) is 17.1. The van der Waals surface area contributed by atoms with E-state index in [-0.39, 0.29) is 5.41 Å². The lowest BCUT2D eigenvalue weighted by Gasteiger charge is -2.36. The van der Waals surface area contributed by atoms with Crippen molar-refractivity contribution < 1.29 is 0 Å². The standard InChI is InChI=1S/C45H35N3/c1-4-13-31(14-5-1)32-21-23-34(24-22-32)43-46-42(33-15-6-2-7-16-33)47-44(48-43)37-18-12-17-35(29-37)36-25-26-41-39(30-36)38-19-8-9-20-40(38)45(41)27-10-3-11-28-45/h1-2,4-9,12-26,29-30H,3,10-11,27-28H2. The smallest absolute Gasteiger partial charge is 0.164 e. The molecule has 1 spiro atoms. The van der Waals surface area contributed by atoms with Gasteiger partial charge in [0.15, 0.2) is 17.5 Å². The van der Waals surface area contributed by atoms with Crippen molar-refractivity contribution in [3.8, 4) is 67.5 Å². The number of aromatic nitrogens is 3. The number of fused-ring (bicyclic) bond motifs is 5. The highest BCUT2D eigenvalue weighted by atomic mass is 15.0. The molecule has 0 bridgehead atoms. The highest BCUT2D eigenvalue weighted by Crippen LogP contribution is 2.56. The van der Waals surface area contributed by atoms with E-state index in [0.29, 0.717) is 17.5 Å². The van der Waals surface area contributed by atoms with E-state index in [1.54, 1.807) is 0 Å². The first-order chi connectivity index (χ1) is 23.7. The van der Waals surface area contributed by atoms with Crippen molar-refractivity contribution >= 4 is 0 Å². The summed E-state index contributed by atoms with van der Waals surface area (Å²) in [6.07, 6.45) is 6.42. The highest BCUT2D eigenvalue weighted by Gasteiger charge is 2.43. The molecular formula is C45H35N3. The van der Waals surface area contributed by atoms with E-state index in [4.69, 9.17) is 15.0 Å². The Morgan fingerprint density at radius 2 is 0.812 bits per heavy atom. The average Bonchev–Trinajstić information content (AvgIpc) is 3.43. The molecule has 1 aromatic heterocycles. The summed E-state index contributed by atoms with van der Waals surface area (Å²) in [6.45, 7) is 0. The van der Waals surface area contributed by atoms with Crippen LogP contribution in [0.3, 0.4) is 0 Å². The minimum Gasteiger partial charge on any atom is -0.208 e. The molecule has 3 nitrogen and oxygen atoms in total. The molecule has 0 atom stereocenters. The molecule has 0 aliphatic heterocycles. The second-order valence-electron chi connectivity index (χ2n) is 13.1. The third-order valence-electron chi connectivity index (χ3n) is 10.3. The Balaban J connectivity index is 1.12. The van der Waals surface area contributed by atoms with Crippen molar-refractivity contribution in [3.63, 3.8) is 0 Å². The van der Waals surface area contributed by atoms with E-state index in [1.807, 2.05) is 24.3 Å². The predicted octanol–water partition coefficient (Wildman–Crippen LogP) is 11.4. The monoisotopic (exact) mass is 617 g/mol. The van der Waals surface area contributed by atoms with Gasteiger partial charge < -0.3 is 0 Å². The number of hydrogen-bond donors (Lipinski definition) is 0. The molecule has 7 aromatic rings. The zero-order valence-electron chi connectivity index (χ0n) is 26.8. The van der Waals surface area contributed by atoms with Crippen molar-refractivity contribution in [1.82, 2.24) is 15.0 Å². The number of rotatable bonds is 5. The molecule has 2 aliphatic carbocycles. The van der Waals surface area contributed by atoms with Crippen LogP contribution in [0.25, 0.3) is 67.5 Å². The summed E-state index contributed by atoms with van der Waals surface area (Å²) in [5.74, 6) is 2.00. The van der Waals surface area contributed by atoms with Gasteiger partial charge >= 0.3 is 0 Å². The van der Waals surface area contributed by atoms with Crippen LogP contribution >= 0.6 is 0 Å². The maximum Gasteiger partial charge on any atom is 0.164 e. The summed E-state index contributed by atoms with van der Waals surface area (Å²) >= 11 is 0. The van der Waals surface area contributed by atoms with Gasteiger partial charge in [0.05, 0.1) is 0 Å².